The molecule has 3 saturated heterocycles. The van der Waals surface area contributed by atoms with E-state index in [1.165, 1.54) is 25.9 Å². The van der Waals surface area contributed by atoms with Crippen LogP contribution in [0.25, 0.3) is 0 Å². The number of rotatable bonds is 3. The van der Waals surface area contributed by atoms with E-state index >= 15 is 0 Å². The fraction of sp³-hybridized carbons (Fsp3) is 0.533. The highest BCUT2D eigenvalue weighted by atomic mass is 16.1. The lowest BCUT2D eigenvalue weighted by atomic mass is 9.84. The molecule has 3 aliphatic heterocycles. The molecule has 1 unspecified atom stereocenters. The van der Waals surface area contributed by atoms with Gasteiger partial charge in [0.2, 0.25) is 0 Å². The minimum Gasteiger partial charge on any atom is -0.381 e. The molecule has 3 heterocycles. The second-order valence-electron chi connectivity index (χ2n) is 5.55. The van der Waals surface area contributed by atoms with E-state index in [2.05, 4.69) is 15.5 Å². The summed E-state index contributed by atoms with van der Waals surface area (Å²) >= 11 is 0. The Morgan fingerprint density at radius 3 is 2.74 bits per heavy atom. The van der Waals surface area contributed by atoms with E-state index in [9.17, 15) is 4.79 Å². The van der Waals surface area contributed by atoms with Crippen LogP contribution in [-0.4, -0.2) is 43.5 Å². The second kappa shape index (κ2) is 5.21. The predicted molar refractivity (Wildman–Crippen MR) is 76.4 cm³/mol. The van der Waals surface area contributed by atoms with Crippen molar-refractivity contribution < 1.29 is 4.79 Å². The van der Waals surface area contributed by atoms with Gasteiger partial charge < -0.3 is 15.5 Å². The maximum absolute atomic E-state index is 11.6. The lowest BCUT2D eigenvalue weighted by molar-refractivity contribution is 0.0962. The fourth-order valence-electron chi connectivity index (χ4n) is 3.24. The summed E-state index contributed by atoms with van der Waals surface area (Å²) in [5.41, 5.74) is 1.77. The minimum atomic E-state index is -0.0300. The first kappa shape index (κ1) is 12.5. The number of benzene rings is 1. The van der Waals surface area contributed by atoms with Crippen LogP contribution in [0, 0.1) is 5.92 Å². The van der Waals surface area contributed by atoms with E-state index in [1.54, 1.807) is 7.05 Å². The van der Waals surface area contributed by atoms with Crippen LogP contribution < -0.4 is 10.6 Å². The molecule has 4 heteroatoms. The van der Waals surface area contributed by atoms with Gasteiger partial charge in [-0.05, 0) is 50.0 Å². The predicted octanol–water partition coefficient (Wildman–Crippen LogP) is 1.55. The summed E-state index contributed by atoms with van der Waals surface area (Å²) in [4.78, 5) is 14.2. The van der Waals surface area contributed by atoms with Gasteiger partial charge in [-0.25, -0.2) is 0 Å². The van der Waals surface area contributed by atoms with Gasteiger partial charge in [-0.15, -0.1) is 0 Å². The normalized spacial score (nSPS) is 29.0. The highest BCUT2D eigenvalue weighted by Gasteiger charge is 2.33. The Morgan fingerprint density at radius 2 is 2.11 bits per heavy atom. The summed E-state index contributed by atoms with van der Waals surface area (Å²) in [5, 5.41) is 6.27. The van der Waals surface area contributed by atoms with Gasteiger partial charge in [-0.3, -0.25) is 4.79 Å². The number of anilines is 1. The van der Waals surface area contributed by atoms with E-state index in [4.69, 9.17) is 0 Å². The Hall–Kier alpha value is -1.55. The Labute approximate surface area is 114 Å². The molecule has 19 heavy (non-hydrogen) atoms. The number of hydrogen-bond acceptors (Lipinski definition) is 3. The third kappa shape index (κ3) is 2.59. The molecule has 0 spiro atoms. The summed E-state index contributed by atoms with van der Waals surface area (Å²) in [6, 6.07) is 8.30. The van der Waals surface area contributed by atoms with Crippen LogP contribution in [0.15, 0.2) is 24.3 Å². The number of carbonyl (C=O) groups is 1. The highest BCUT2D eigenvalue weighted by Crippen LogP contribution is 2.29. The molecule has 2 N–H and O–H groups in total. The molecule has 0 aromatic heterocycles. The Kier molecular flexibility index (Phi) is 3.42. The number of fused-ring (bicyclic) bond motifs is 3. The van der Waals surface area contributed by atoms with Gasteiger partial charge in [-0.2, -0.15) is 0 Å². The summed E-state index contributed by atoms with van der Waals surface area (Å²) < 4.78 is 0. The van der Waals surface area contributed by atoms with Crippen molar-refractivity contribution in [3.05, 3.63) is 29.8 Å². The van der Waals surface area contributed by atoms with Crippen molar-refractivity contribution in [2.75, 3.05) is 32.0 Å². The number of nitrogens with zero attached hydrogens (tertiary/aromatic N) is 1. The summed E-state index contributed by atoms with van der Waals surface area (Å²) in [6.45, 7) is 3.64. The Morgan fingerprint density at radius 1 is 1.32 bits per heavy atom. The van der Waals surface area contributed by atoms with Crippen LogP contribution in [0.5, 0.6) is 0 Å². The van der Waals surface area contributed by atoms with Gasteiger partial charge in [0.05, 0.1) is 0 Å². The molecule has 4 nitrogen and oxygen atoms in total. The van der Waals surface area contributed by atoms with Crippen LogP contribution in [0.4, 0.5) is 5.69 Å². The molecule has 0 saturated carbocycles. The zero-order valence-corrected chi connectivity index (χ0v) is 11.4. The van der Waals surface area contributed by atoms with E-state index in [0.29, 0.717) is 11.6 Å². The maximum atomic E-state index is 11.6. The van der Waals surface area contributed by atoms with E-state index in [-0.39, 0.29) is 5.91 Å². The third-order valence-electron chi connectivity index (χ3n) is 4.36. The van der Waals surface area contributed by atoms with Gasteiger partial charge in [-0.1, -0.05) is 6.07 Å². The molecule has 0 radical (unpaired) electrons. The maximum Gasteiger partial charge on any atom is 0.251 e. The summed E-state index contributed by atoms with van der Waals surface area (Å²) in [5.74, 6) is 0.756. The molecule has 1 amide bonds. The molecule has 1 aromatic rings. The molecule has 102 valence electrons. The molecule has 1 atom stereocenters. The van der Waals surface area contributed by atoms with Crippen molar-refractivity contribution in [3.8, 4) is 0 Å². The van der Waals surface area contributed by atoms with Gasteiger partial charge >= 0.3 is 0 Å². The number of hydrogen-bond donors (Lipinski definition) is 2. The van der Waals surface area contributed by atoms with Crippen LogP contribution >= 0.6 is 0 Å². The number of carbonyl (C=O) groups excluding carboxylic acids is 1. The molecular formula is C15H21N3O. The molecule has 2 bridgehead atoms. The van der Waals surface area contributed by atoms with Crippen LogP contribution in [0.1, 0.15) is 23.2 Å². The van der Waals surface area contributed by atoms with Crippen molar-refractivity contribution in [1.82, 2.24) is 10.2 Å². The summed E-state index contributed by atoms with van der Waals surface area (Å²) in [7, 11) is 1.66. The number of nitrogens with one attached hydrogen (secondary N) is 2. The quantitative estimate of drug-likeness (QED) is 0.865. The smallest absolute Gasteiger partial charge is 0.251 e. The standard InChI is InChI=1S/C15H21N3O/c1-16-15(19)12-3-2-4-13(9-12)17-14-10-18-7-5-11(14)6-8-18/h2-4,9,11,14,17H,5-8,10H2,1H3,(H,16,19). The topological polar surface area (TPSA) is 44.4 Å². The van der Waals surface area contributed by atoms with Crippen molar-refractivity contribution >= 4 is 11.6 Å². The SMILES string of the molecule is CNC(=O)c1cccc(NC2CN3CCC2CC3)c1. The second-order valence-corrected chi connectivity index (χ2v) is 5.55. The summed E-state index contributed by atoms with van der Waals surface area (Å²) in [6.07, 6.45) is 2.60. The first-order valence-corrected chi connectivity index (χ1v) is 7.07. The molecule has 3 fully saturated rings. The number of piperidine rings is 3. The van der Waals surface area contributed by atoms with E-state index in [0.717, 1.165) is 18.2 Å². The molecule has 0 aliphatic carbocycles. The van der Waals surface area contributed by atoms with Crippen LogP contribution in [-0.2, 0) is 0 Å². The Bertz CT molecular complexity index is 466. The average Bonchev–Trinajstić information content (AvgIpc) is 2.48. The van der Waals surface area contributed by atoms with Crippen molar-refractivity contribution in [1.29, 1.82) is 0 Å². The zero-order chi connectivity index (χ0) is 13.2. The fourth-order valence-corrected chi connectivity index (χ4v) is 3.24. The molecule has 4 rings (SSSR count). The monoisotopic (exact) mass is 259 g/mol. The molecule has 3 aliphatic rings. The van der Waals surface area contributed by atoms with E-state index in [1.807, 2.05) is 24.3 Å². The van der Waals surface area contributed by atoms with Crippen LogP contribution in [0.2, 0.25) is 0 Å². The van der Waals surface area contributed by atoms with Gasteiger partial charge in [0, 0.05) is 30.9 Å². The highest BCUT2D eigenvalue weighted by molar-refractivity contribution is 5.94. The van der Waals surface area contributed by atoms with Crippen molar-refractivity contribution in [3.63, 3.8) is 0 Å². The van der Waals surface area contributed by atoms with Gasteiger partial charge in [0.25, 0.3) is 5.91 Å². The van der Waals surface area contributed by atoms with Gasteiger partial charge in [0.15, 0.2) is 0 Å². The first-order valence-electron chi connectivity index (χ1n) is 7.07. The zero-order valence-electron chi connectivity index (χ0n) is 11.4. The van der Waals surface area contributed by atoms with Gasteiger partial charge in [0.1, 0.15) is 0 Å². The minimum absolute atomic E-state index is 0.0300. The first-order chi connectivity index (χ1) is 9.26. The largest absolute Gasteiger partial charge is 0.381 e. The molecular weight excluding hydrogens is 238 g/mol. The molecule has 1 aromatic carbocycles. The number of amides is 1. The van der Waals surface area contributed by atoms with E-state index < -0.39 is 0 Å². The lowest BCUT2D eigenvalue weighted by Gasteiger charge is -2.45. The average molecular weight is 259 g/mol. The third-order valence-corrected chi connectivity index (χ3v) is 4.36. The van der Waals surface area contributed by atoms with Crippen molar-refractivity contribution in [2.24, 2.45) is 5.92 Å². The lowest BCUT2D eigenvalue weighted by Crippen LogP contribution is -2.53. The van der Waals surface area contributed by atoms with Crippen LogP contribution in [0.3, 0.4) is 0 Å². The van der Waals surface area contributed by atoms with Crippen molar-refractivity contribution in [2.45, 2.75) is 18.9 Å². The Balaban J connectivity index is 1.71.